The third kappa shape index (κ3) is 6.42. The van der Waals surface area contributed by atoms with Crippen LogP contribution in [0.15, 0.2) is 4.99 Å². The Morgan fingerprint density at radius 3 is 2.23 bits per heavy atom. The molecule has 3 aliphatic heterocycles. The topological polar surface area (TPSA) is 88.6 Å². The third-order valence-electron chi connectivity index (χ3n) is 6.09. The van der Waals surface area contributed by atoms with Crippen LogP contribution in [-0.2, 0) is 14.8 Å². The number of amides is 1. The molecule has 1 atom stereocenters. The van der Waals surface area contributed by atoms with E-state index in [1.54, 1.807) is 4.31 Å². The fourth-order valence-electron chi connectivity index (χ4n) is 4.31. The fraction of sp³-hybridized carbons (Fsp3) is 0.895. The zero-order valence-corrected chi connectivity index (χ0v) is 21.4. The van der Waals surface area contributed by atoms with Gasteiger partial charge in [-0.25, -0.2) is 12.7 Å². The summed E-state index contributed by atoms with van der Waals surface area (Å²) in [4.78, 5) is 23.8. The van der Waals surface area contributed by atoms with E-state index in [1.807, 2.05) is 18.7 Å². The molecule has 0 aromatic heterocycles. The molecule has 3 fully saturated rings. The Morgan fingerprint density at radius 2 is 1.67 bits per heavy atom. The Labute approximate surface area is 198 Å². The van der Waals surface area contributed by atoms with Crippen LogP contribution in [0.1, 0.15) is 33.1 Å². The molecule has 3 heterocycles. The van der Waals surface area contributed by atoms with Crippen LogP contribution >= 0.6 is 24.0 Å². The van der Waals surface area contributed by atoms with Crippen LogP contribution < -0.4 is 5.32 Å². The smallest absolute Gasteiger partial charge is 0.239 e. The van der Waals surface area contributed by atoms with E-state index < -0.39 is 10.0 Å². The second kappa shape index (κ2) is 11.8. The van der Waals surface area contributed by atoms with Crippen LogP contribution in [0.25, 0.3) is 0 Å². The van der Waals surface area contributed by atoms with E-state index in [0.29, 0.717) is 26.1 Å². The molecule has 0 spiro atoms. The third-order valence-corrected chi connectivity index (χ3v) is 8.04. The number of guanidine groups is 1. The molecule has 0 aromatic carbocycles. The summed E-state index contributed by atoms with van der Waals surface area (Å²) in [7, 11) is -3.07. The molecule has 0 saturated carbocycles. The molecular weight excluding hydrogens is 519 g/mol. The number of rotatable bonds is 6. The predicted molar refractivity (Wildman–Crippen MR) is 130 cm³/mol. The van der Waals surface area contributed by atoms with Crippen molar-refractivity contribution in [2.75, 3.05) is 71.2 Å². The van der Waals surface area contributed by atoms with Crippen LogP contribution in [0.3, 0.4) is 0 Å². The highest BCUT2D eigenvalue weighted by Gasteiger charge is 2.31. The summed E-state index contributed by atoms with van der Waals surface area (Å²) in [5.74, 6) is 1.35. The van der Waals surface area contributed by atoms with Gasteiger partial charge in [-0.05, 0) is 33.1 Å². The first-order valence-electron chi connectivity index (χ1n) is 11.0. The van der Waals surface area contributed by atoms with Crippen molar-refractivity contribution in [2.45, 2.75) is 39.2 Å². The Morgan fingerprint density at radius 1 is 1.00 bits per heavy atom. The van der Waals surface area contributed by atoms with Gasteiger partial charge in [-0.15, -0.1) is 24.0 Å². The lowest BCUT2D eigenvalue weighted by atomic mass is 10.2. The average Bonchev–Trinajstić information content (AvgIpc) is 3.36. The van der Waals surface area contributed by atoms with E-state index >= 15 is 0 Å². The standard InChI is InChI=1S/C19H36N6O3S.HI/c1-3-20-19(21-7-11-25-10-6-16-29(25,27)28)24-14-12-22(13-15-24)17(2)18(26)23-8-4-5-9-23;/h17H,3-16H2,1-2H3,(H,20,21);1H. The van der Waals surface area contributed by atoms with Gasteiger partial charge in [-0.2, -0.15) is 0 Å². The normalized spacial score (nSPS) is 24.0. The number of piperazine rings is 1. The molecule has 1 unspecified atom stereocenters. The van der Waals surface area contributed by atoms with Crippen molar-refractivity contribution in [3.63, 3.8) is 0 Å². The van der Waals surface area contributed by atoms with Gasteiger partial charge >= 0.3 is 0 Å². The zero-order valence-electron chi connectivity index (χ0n) is 18.3. The van der Waals surface area contributed by atoms with Crippen molar-refractivity contribution in [2.24, 2.45) is 4.99 Å². The highest BCUT2D eigenvalue weighted by molar-refractivity contribution is 14.0. The van der Waals surface area contributed by atoms with Crippen LogP contribution in [-0.4, -0.2) is 117 Å². The largest absolute Gasteiger partial charge is 0.357 e. The van der Waals surface area contributed by atoms with Gasteiger partial charge in [0.1, 0.15) is 0 Å². The van der Waals surface area contributed by atoms with Gasteiger partial charge in [0.05, 0.1) is 18.3 Å². The lowest BCUT2D eigenvalue weighted by molar-refractivity contribution is -0.135. The van der Waals surface area contributed by atoms with Gasteiger partial charge < -0.3 is 15.1 Å². The maximum atomic E-state index is 12.7. The second-order valence-corrected chi connectivity index (χ2v) is 10.1. The first-order chi connectivity index (χ1) is 13.9. The monoisotopic (exact) mass is 556 g/mol. The Balaban J connectivity index is 0.00000320. The molecule has 1 amide bonds. The van der Waals surface area contributed by atoms with Crippen LogP contribution in [0, 0.1) is 0 Å². The predicted octanol–water partition coefficient (Wildman–Crippen LogP) is 0.234. The molecule has 1 N–H and O–H groups in total. The summed E-state index contributed by atoms with van der Waals surface area (Å²) >= 11 is 0. The van der Waals surface area contributed by atoms with Crippen LogP contribution in [0.4, 0.5) is 0 Å². The number of likely N-dealkylation sites (tertiary alicyclic amines) is 1. The van der Waals surface area contributed by atoms with E-state index in [4.69, 9.17) is 0 Å². The molecule has 0 aromatic rings. The lowest BCUT2D eigenvalue weighted by Crippen LogP contribution is -2.57. The fourth-order valence-corrected chi connectivity index (χ4v) is 5.83. The molecule has 0 aliphatic carbocycles. The zero-order chi connectivity index (χ0) is 20.9. The minimum atomic E-state index is -3.07. The Kier molecular flexibility index (Phi) is 10.1. The first-order valence-corrected chi connectivity index (χ1v) is 12.6. The Hall–Kier alpha value is -0.660. The molecule has 0 radical (unpaired) electrons. The summed E-state index contributed by atoms with van der Waals surface area (Å²) < 4.78 is 25.4. The molecule has 9 nitrogen and oxygen atoms in total. The van der Waals surface area contributed by atoms with E-state index in [2.05, 4.69) is 20.1 Å². The molecule has 3 aliphatic rings. The summed E-state index contributed by atoms with van der Waals surface area (Å²) in [6.45, 7) is 11.4. The Bertz CT molecular complexity index is 690. The number of hydrogen-bond acceptors (Lipinski definition) is 5. The summed E-state index contributed by atoms with van der Waals surface area (Å²) in [5, 5.41) is 3.32. The number of aliphatic imine (C=N–C) groups is 1. The SMILES string of the molecule is CCNC(=NCCN1CCCS1(=O)=O)N1CCN(C(C)C(=O)N2CCCC2)CC1.I. The number of carbonyl (C=O) groups excluding carboxylic acids is 1. The first kappa shape index (κ1) is 25.6. The van der Waals surface area contributed by atoms with Gasteiger partial charge in [0, 0.05) is 58.9 Å². The van der Waals surface area contributed by atoms with Gasteiger partial charge in [0.15, 0.2) is 5.96 Å². The number of nitrogens with one attached hydrogen (secondary N) is 1. The van der Waals surface area contributed by atoms with Gasteiger partial charge in [-0.3, -0.25) is 14.7 Å². The molecule has 11 heteroatoms. The maximum Gasteiger partial charge on any atom is 0.239 e. The van der Waals surface area contributed by atoms with Crippen LogP contribution in [0.2, 0.25) is 0 Å². The van der Waals surface area contributed by atoms with Crippen molar-refractivity contribution in [1.82, 2.24) is 24.3 Å². The summed E-state index contributed by atoms with van der Waals surface area (Å²) in [6.07, 6.45) is 2.95. The van der Waals surface area contributed by atoms with Crippen molar-refractivity contribution in [3.8, 4) is 0 Å². The lowest BCUT2D eigenvalue weighted by Gasteiger charge is -2.39. The average molecular weight is 557 g/mol. The quantitative estimate of drug-likeness (QED) is 0.287. The highest BCUT2D eigenvalue weighted by Crippen LogP contribution is 2.15. The van der Waals surface area contributed by atoms with Gasteiger partial charge in [-0.1, -0.05) is 0 Å². The van der Waals surface area contributed by atoms with E-state index in [-0.39, 0.29) is 41.7 Å². The van der Waals surface area contributed by atoms with Crippen molar-refractivity contribution < 1.29 is 13.2 Å². The van der Waals surface area contributed by atoms with E-state index in [0.717, 1.165) is 64.6 Å². The summed E-state index contributed by atoms with van der Waals surface area (Å²) in [6, 6.07) is -0.0739. The maximum absolute atomic E-state index is 12.7. The van der Waals surface area contributed by atoms with E-state index in [1.165, 1.54) is 0 Å². The van der Waals surface area contributed by atoms with Crippen molar-refractivity contribution in [3.05, 3.63) is 0 Å². The van der Waals surface area contributed by atoms with Crippen molar-refractivity contribution >= 4 is 45.9 Å². The molecule has 0 bridgehead atoms. The minimum absolute atomic E-state index is 0. The molecule has 174 valence electrons. The van der Waals surface area contributed by atoms with Crippen LogP contribution in [0.5, 0.6) is 0 Å². The number of carbonyl (C=O) groups is 1. The van der Waals surface area contributed by atoms with Gasteiger partial charge in [0.25, 0.3) is 0 Å². The number of hydrogen-bond donors (Lipinski definition) is 1. The van der Waals surface area contributed by atoms with Crippen molar-refractivity contribution in [1.29, 1.82) is 0 Å². The second-order valence-electron chi connectivity index (χ2n) is 8.04. The summed E-state index contributed by atoms with van der Waals surface area (Å²) in [5.41, 5.74) is 0. The number of nitrogens with zero attached hydrogens (tertiary/aromatic N) is 5. The number of sulfonamides is 1. The van der Waals surface area contributed by atoms with Gasteiger partial charge in [0.2, 0.25) is 15.9 Å². The minimum Gasteiger partial charge on any atom is -0.357 e. The van der Waals surface area contributed by atoms with E-state index in [9.17, 15) is 13.2 Å². The number of halogens is 1. The highest BCUT2D eigenvalue weighted by atomic mass is 127. The molecular formula is C19H37IN6O3S. The molecule has 30 heavy (non-hydrogen) atoms. The molecule has 3 saturated heterocycles. The molecule has 3 rings (SSSR count).